The van der Waals surface area contributed by atoms with Crippen LogP contribution < -0.4 is 15.4 Å². The van der Waals surface area contributed by atoms with Crippen LogP contribution in [-0.4, -0.2) is 23.6 Å². The molecule has 7 heteroatoms. The molecule has 0 amide bonds. The highest BCUT2D eigenvalue weighted by Gasteiger charge is 2.43. The smallest absolute Gasteiger partial charge is 0.191 e. The Bertz CT molecular complexity index is 825. The van der Waals surface area contributed by atoms with Crippen LogP contribution in [0.25, 0.3) is 0 Å². The largest absolute Gasteiger partial charge is 0.487 e. The van der Waals surface area contributed by atoms with Gasteiger partial charge in [0.2, 0.25) is 0 Å². The van der Waals surface area contributed by atoms with Gasteiger partial charge in [0.25, 0.3) is 0 Å². The lowest BCUT2D eigenvalue weighted by molar-refractivity contribution is 0.0396. The van der Waals surface area contributed by atoms with Crippen molar-refractivity contribution in [1.82, 2.24) is 15.6 Å². The van der Waals surface area contributed by atoms with Gasteiger partial charge in [-0.25, -0.2) is 4.98 Å². The highest BCUT2D eigenvalue weighted by molar-refractivity contribution is 14.0. The van der Waals surface area contributed by atoms with Gasteiger partial charge in [-0.15, -0.1) is 35.3 Å². The van der Waals surface area contributed by atoms with Crippen LogP contribution in [0.3, 0.4) is 0 Å². The second-order valence-corrected chi connectivity index (χ2v) is 8.89. The zero-order chi connectivity index (χ0) is 18.9. The molecule has 2 N–H and O–H groups in total. The van der Waals surface area contributed by atoms with E-state index in [9.17, 15) is 0 Å². The Morgan fingerprint density at radius 3 is 2.71 bits per heavy atom. The van der Waals surface area contributed by atoms with E-state index in [4.69, 9.17) is 4.74 Å². The average Bonchev–Trinajstić information content (AvgIpc) is 3.24. The van der Waals surface area contributed by atoms with Crippen LogP contribution in [-0.2, 0) is 6.54 Å². The van der Waals surface area contributed by atoms with Crippen molar-refractivity contribution < 1.29 is 4.74 Å². The summed E-state index contributed by atoms with van der Waals surface area (Å²) in [5.74, 6) is 1.83. The summed E-state index contributed by atoms with van der Waals surface area (Å²) in [6.07, 6.45) is 5.78. The number of para-hydroxylation sites is 1. The molecule has 0 saturated heterocycles. The van der Waals surface area contributed by atoms with Crippen molar-refractivity contribution in [3.8, 4) is 5.75 Å². The molecule has 1 spiro atoms. The average molecular weight is 512 g/mol. The van der Waals surface area contributed by atoms with E-state index in [2.05, 4.69) is 58.7 Å². The fourth-order valence-electron chi connectivity index (χ4n) is 4.21. The van der Waals surface area contributed by atoms with Gasteiger partial charge in [-0.1, -0.05) is 18.2 Å². The predicted molar refractivity (Wildman–Crippen MR) is 126 cm³/mol. The van der Waals surface area contributed by atoms with Crippen LogP contribution >= 0.6 is 35.3 Å². The van der Waals surface area contributed by atoms with Crippen molar-refractivity contribution in [2.45, 2.75) is 64.1 Å². The van der Waals surface area contributed by atoms with Gasteiger partial charge < -0.3 is 15.4 Å². The van der Waals surface area contributed by atoms with Gasteiger partial charge in [-0.2, -0.15) is 0 Å². The highest BCUT2D eigenvalue weighted by atomic mass is 127. The second-order valence-electron chi connectivity index (χ2n) is 7.61. The number of hydrogen-bond acceptors (Lipinski definition) is 4. The minimum Gasteiger partial charge on any atom is -0.487 e. The number of nitrogens with one attached hydrogen (secondary N) is 2. The molecule has 0 bridgehead atoms. The fraction of sp³-hybridized carbons (Fsp3) is 0.524. The van der Waals surface area contributed by atoms with E-state index >= 15 is 0 Å². The number of ether oxygens (including phenoxy) is 1. The maximum Gasteiger partial charge on any atom is 0.191 e. The van der Waals surface area contributed by atoms with E-state index in [0.29, 0.717) is 6.54 Å². The zero-order valence-corrected chi connectivity index (χ0v) is 19.9. The zero-order valence-electron chi connectivity index (χ0n) is 16.7. The number of guanidine groups is 1. The molecular formula is C21H29IN4OS. The first-order chi connectivity index (χ1) is 13.1. The van der Waals surface area contributed by atoms with E-state index in [1.54, 1.807) is 11.3 Å². The molecule has 1 unspecified atom stereocenters. The number of fused-ring (bicyclic) bond motifs is 1. The maximum atomic E-state index is 6.46. The topological polar surface area (TPSA) is 58.5 Å². The first-order valence-electron chi connectivity index (χ1n) is 9.77. The minimum absolute atomic E-state index is 0. The Labute approximate surface area is 188 Å². The number of benzene rings is 1. The molecule has 2 aromatic rings. The molecule has 1 aliphatic carbocycles. The summed E-state index contributed by atoms with van der Waals surface area (Å²) in [6.45, 7) is 4.86. The SMILES string of the molecule is CN=C(NCc1nc(C)c(C)s1)NC1CC2(CCCC2)Oc2ccccc21.I. The summed E-state index contributed by atoms with van der Waals surface area (Å²) in [7, 11) is 1.82. The van der Waals surface area contributed by atoms with Gasteiger partial charge in [0.05, 0.1) is 18.3 Å². The first-order valence-corrected chi connectivity index (χ1v) is 10.6. The van der Waals surface area contributed by atoms with Crippen LogP contribution in [0.1, 0.15) is 59.3 Å². The fourth-order valence-corrected chi connectivity index (χ4v) is 5.08. The van der Waals surface area contributed by atoms with Crippen molar-refractivity contribution in [2.24, 2.45) is 4.99 Å². The molecule has 1 aromatic carbocycles. The van der Waals surface area contributed by atoms with Crippen LogP contribution in [0.5, 0.6) is 5.75 Å². The Morgan fingerprint density at radius 2 is 2.04 bits per heavy atom. The van der Waals surface area contributed by atoms with E-state index < -0.39 is 0 Å². The van der Waals surface area contributed by atoms with E-state index in [1.807, 2.05) is 7.05 Å². The second kappa shape index (κ2) is 8.98. The molecular weight excluding hydrogens is 483 g/mol. The number of hydrogen-bond donors (Lipinski definition) is 2. The van der Waals surface area contributed by atoms with Crippen molar-refractivity contribution in [1.29, 1.82) is 0 Å². The van der Waals surface area contributed by atoms with E-state index in [0.717, 1.165) is 41.7 Å². The molecule has 1 saturated carbocycles. The van der Waals surface area contributed by atoms with E-state index in [-0.39, 0.29) is 35.6 Å². The molecule has 0 radical (unpaired) electrons. The highest BCUT2D eigenvalue weighted by Crippen LogP contribution is 2.46. The third-order valence-corrected chi connectivity index (χ3v) is 6.80. The normalized spacial score (nSPS) is 20.2. The monoisotopic (exact) mass is 512 g/mol. The Morgan fingerprint density at radius 1 is 1.29 bits per heavy atom. The quantitative estimate of drug-likeness (QED) is 0.350. The molecule has 28 heavy (non-hydrogen) atoms. The van der Waals surface area contributed by atoms with Crippen molar-refractivity contribution in [3.63, 3.8) is 0 Å². The third-order valence-electron chi connectivity index (χ3n) is 5.73. The molecule has 1 aromatic heterocycles. The number of aromatic nitrogens is 1. The summed E-state index contributed by atoms with van der Waals surface area (Å²) < 4.78 is 6.46. The van der Waals surface area contributed by atoms with Crippen LogP contribution in [0.15, 0.2) is 29.3 Å². The Hall–Kier alpha value is -1.35. The van der Waals surface area contributed by atoms with Gasteiger partial charge in [0.1, 0.15) is 16.4 Å². The van der Waals surface area contributed by atoms with E-state index in [1.165, 1.54) is 23.3 Å². The van der Waals surface area contributed by atoms with Gasteiger partial charge in [0.15, 0.2) is 5.96 Å². The van der Waals surface area contributed by atoms with Crippen LogP contribution in [0, 0.1) is 13.8 Å². The van der Waals surface area contributed by atoms with Gasteiger partial charge >= 0.3 is 0 Å². The summed E-state index contributed by atoms with van der Waals surface area (Å²) in [5.41, 5.74) is 2.31. The number of thiazole rings is 1. The predicted octanol–water partition coefficient (Wildman–Crippen LogP) is 4.88. The summed E-state index contributed by atoms with van der Waals surface area (Å²) in [6, 6.07) is 8.61. The molecule has 4 rings (SSSR count). The Kier molecular flexibility index (Phi) is 6.85. The third kappa shape index (κ3) is 4.45. The number of nitrogens with zero attached hydrogens (tertiary/aromatic N) is 2. The van der Waals surface area contributed by atoms with Gasteiger partial charge in [-0.3, -0.25) is 4.99 Å². The molecule has 2 aliphatic rings. The molecule has 1 fully saturated rings. The van der Waals surface area contributed by atoms with Crippen molar-refractivity contribution in [3.05, 3.63) is 45.4 Å². The molecule has 1 atom stereocenters. The van der Waals surface area contributed by atoms with Gasteiger partial charge in [0, 0.05) is 23.9 Å². The maximum absolute atomic E-state index is 6.46. The molecule has 2 heterocycles. The summed E-state index contributed by atoms with van der Waals surface area (Å²) in [4.78, 5) is 10.3. The number of aliphatic imine (C=N–C) groups is 1. The standard InChI is InChI=1S/C21H28N4OS.HI/c1-14-15(2)27-19(24-14)13-23-20(22-3)25-17-12-21(10-6-7-11-21)26-18-9-5-4-8-16(17)18;/h4-5,8-9,17H,6-7,10-13H2,1-3H3,(H2,22,23,25);1H. The van der Waals surface area contributed by atoms with Crippen molar-refractivity contribution in [2.75, 3.05) is 7.05 Å². The van der Waals surface area contributed by atoms with Gasteiger partial charge in [-0.05, 0) is 45.6 Å². The number of aryl methyl sites for hydroxylation is 2. The lowest BCUT2D eigenvalue weighted by Gasteiger charge is -2.40. The lowest BCUT2D eigenvalue weighted by atomic mass is 9.86. The number of rotatable bonds is 3. The Balaban J connectivity index is 0.00000225. The van der Waals surface area contributed by atoms with Crippen LogP contribution in [0.2, 0.25) is 0 Å². The lowest BCUT2D eigenvalue weighted by Crippen LogP contribution is -2.46. The number of halogens is 1. The van der Waals surface area contributed by atoms with Crippen LogP contribution in [0.4, 0.5) is 0 Å². The first kappa shape index (κ1) is 21.4. The molecule has 5 nitrogen and oxygen atoms in total. The molecule has 1 aliphatic heterocycles. The molecule has 152 valence electrons. The van der Waals surface area contributed by atoms with Crippen molar-refractivity contribution >= 4 is 41.3 Å². The summed E-state index contributed by atoms with van der Waals surface area (Å²) in [5, 5.41) is 8.16. The minimum atomic E-state index is -0.0194. The summed E-state index contributed by atoms with van der Waals surface area (Å²) >= 11 is 1.74.